The van der Waals surface area contributed by atoms with Crippen LogP contribution < -0.4 is 9.47 Å². The summed E-state index contributed by atoms with van der Waals surface area (Å²) in [5, 5.41) is 0.681. The van der Waals surface area contributed by atoms with Crippen molar-refractivity contribution in [3.8, 4) is 34.3 Å². The van der Waals surface area contributed by atoms with E-state index in [1.807, 2.05) is 55.5 Å². The number of halogens is 1. The summed E-state index contributed by atoms with van der Waals surface area (Å²) in [6, 6.07) is 15.2. The highest BCUT2D eigenvalue weighted by atomic mass is 35.5. The first kappa shape index (κ1) is 21.0. The van der Waals surface area contributed by atoms with Gasteiger partial charge in [0, 0.05) is 23.4 Å². The van der Waals surface area contributed by atoms with E-state index in [0.717, 1.165) is 52.9 Å². The second-order valence-corrected chi connectivity index (χ2v) is 7.43. The Kier molecular flexibility index (Phi) is 6.57. The molecular formula is C24H24ClN3O3. The zero-order chi connectivity index (χ0) is 21.6. The predicted octanol–water partition coefficient (Wildman–Crippen LogP) is 5.97. The Balaban J connectivity index is 1.52. The third kappa shape index (κ3) is 4.91. The summed E-state index contributed by atoms with van der Waals surface area (Å²) in [6.07, 6.45) is 4.01. The molecular weight excluding hydrogens is 414 g/mol. The quantitative estimate of drug-likeness (QED) is 0.326. The molecule has 0 amide bonds. The zero-order valence-corrected chi connectivity index (χ0v) is 18.3. The molecule has 0 aliphatic heterocycles. The van der Waals surface area contributed by atoms with E-state index in [9.17, 15) is 0 Å². The average molecular weight is 438 g/mol. The maximum atomic E-state index is 6.14. The summed E-state index contributed by atoms with van der Waals surface area (Å²) in [7, 11) is 1.63. The number of hydrogen-bond donors (Lipinski definition) is 1. The number of aromatic nitrogens is 3. The van der Waals surface area contributed by atoms with Gasteiger partial charge in [-0.1, -0.05) is 42.8 Å². The lowest BCUT2D eigenvalue weighted by molar-refractivity contribution is 0.286. The molecule has 0 saturated heterocycles. The van der Waals surface area contributed by atoms with Crippen molar-refractivity contribution < 1.29 is 13.9 Å². The van der Waals surface area contributed by atoms with Gasteiger partial charge in [0.05, 0.1) is 19.9 Å². The highest BCUT2D eigenvalue weighted by Crippen LogP contribution is 2.31. The van der Waals surface area contributed by atoms with Crippen LogP contribution in [0.1, 0.15) is 24.9 Å². The second kappa shape index (κ2) is 9.71. The number of rotatable bonds is 9. The average Bonchev–Trinajstić information content (AvgIpc) is 3.45. The first-order chi connectivity index (χ1) is 15.2. The van der Waals surface area contributed by atoms with Gasteiger partial charge in [0.1, 0.15) is 23.0 Å². The molecule has 6 nitrogen and oxygen atoms in total. The van der Waals surface area contributed by atoms with Crippen LogP contribution in [0.2, 0.25) is 5.02 Å². The number of aryl methyl sites for hydroxylation is 2. The SMILES string of the molecule is CCc1ncc(-c2nc(-c3ccc(Cl)cc3)c(CCCOc3ccccc3OC)o2)[nH]1. The standard InChI is InChI=1S/C24H24ClN3O3/c1-3-22-26-15-18(27-22)24-28-23(16-10-12-17(25)13-11-16)21(31-24)9-6-14-30-20-8-5-4-7-19(20)29-2/h4-5,7-8,10-13,15H,3,6,9,14H2,1-2H3,(H,26,27). The van der Waals surface area contributed by atoms with Gasteiger partial charge in [-0.25, -0.2) is 9.97 Å². The number of methoxy groups -OCH3 is 1. The Morgan fingerprint density at radius 2 is 1.84 bits per heavy atom. The van der Waals surface area contributed by atoms with Crippen molar-refractivity contribution in [3.63, 3.8) is 0 Å². The second-order valence-electron chi connectivity index (χ2n) is 7.00. The molecule has 0 bridgehead atoms. The van der Waals surface area contributed by atoms with Crippen LogP contribution in [-0.2, 0) is 12.8 Å². The number of benzene rings is 2. The lowest BCUT2D eigenvalue weighted by atomic mass is 10.1. The maximum absolute atomic E-state index is 6.14. The fraction of sp³-hybridized carbons (Fsp3) is 0.250. The number of oxazole rings is 1. The number of aromatic amines is 1. The van der Waals surface area contributed by atoms with Crippen molar-refractivity contribution in [2.75, 3.05) is 13.7 Å². The molecule has 1 N–H and O–H groups in total. The Morgan fingerprint density at radius 3 is 2.55 bits per heavy atom. The largest absolute Gasteiger partial charge is 0.493 e. The van der Waals surface area contributed by atoms with E-state index in [1.54, 1.807) is 13.3 Å². The van der Waals surface area contributed by atoms with E-state index in [-0.39, 0.29) is 0 Å². The van der Waals surface area contributed by atoms with Gasteiger partial charge in [-0.3, -0.25) is 0 Å². The topological polar surface area (TPSA) is 73.2 Å². The first-order valence-corrected chi connectivity index (χ1v) is 10.6. The summed E-state index contributed by atoms with van der Waals surface area (Å²) < 4.78 is 17.4. The minimum absolute atomic E-state index is 0.526. The Bertz CT molecular complexity index is 1140. The van der Waals surface area contributed by atoms with Gasteiger partial charge in [0.15, 0.2) is 11.5 Å². The Hall–Kier alpha value is -3.25. The maximum Gasteiger partial charge on any atom is 0.245 e. The van der Waals surface area contributed by atoms with Crippen LogP contribution in [0.3, 0.4) is 0 Å². The van der Waals surface area contributed by atoms with Crippen LogP contribution in [0, 0.1) is 0 Å². The smallest absolute Gasteiger partial charge is 0.245 e. The molecule has 4 rings (SSSR count). The van der Waals surface area contributed by atoms with Crippen molar-refractivity contribution in [1.29, 1.82) is 0 Å². The molecule has 0 radical (unpaired) electrons. The Morgan fingerprint density at radius 1 is 1.06 bits per heavy atom. The summed E-state index contributed by atoms with van der Waals surface area (Å²) in [4.78, 5) is 12.4. The zero-order valence-electron chi connectivity index (χ0n) is 17.5. The van der Waals surface area contributed by atoms with Gasteiger partial charge in [-0.05, 0) is 30.7 Å². The van der Waals surface area contributed by atoms with Gasteiger partial charge in [-0.15, -0.1) is 0 Å². The van der Waals surface area contributed by atoms with Crippen molar-refractivity contribution in [3.05, 3.63) is 71.3 Å². The number of nitrogens with one attached hydrogen (secondary N) is 1. The predicted molar refractivity (Wildman–Crippen MR) is 121 cm³/mol. The number of para-hydroxylation sites is 2. The third-order valence-corrected chi connectivity index (χ3v) is 5.14. The van der Waals surface area contributed by atoms with Crippen LogP contribution >= 0.6 is 11.6 Å². The lowest BCUT2D eigenvalue weighted by Gasteiger charge is -2.09. The monoisotopic (exact) mass is 437 g/mol. The highest BCUT2D eigenvalue weighted by molar-refractivity contribution is 6.30. The molecule has 2 aromatic carbocycles. The van der Waals surface area contributed by atoms with Crippen LogP contribution in [0.15, 0.2) is 59.1 Å². The van der Waals surface area contributed by atoms with E-state index >= 15 is 0 Å². The van der Waals surface area contributed by atoms with Crippen molar-refractivity contribution in [2.45, 2.75) is 26.2 Å². The molecule has 31 heavy (non-hydrogen) atoms. The number of imidazole rings is 1. The molecule has 0 spiro atoms. The number of H-pyrrole nitrogens is 1. The van der Waals surface area contributed by atoms with Gasteiger partial charge < -0.3 is 18.9 Å². The van der Waals surface area contributed by atoms with Gasteiger partial charge in [-0.2, -0.15) is 0 Å². The van der Waals surface area contributed by atoms with Crippen molar-refractivity contribution in [2.24, 2.45) is 0 Å². The molecule has 0 aliphatic rings. The normalized spacial score (nSPS) is 10.9. The number of nitrogens with zero attached hydrogens (tertiary/aromatic N) is 2. The van der Waals surface area contributed by atoms with Gasteiger partial charge >= 0.3 is 0 Å². The van der Waals surface area contributed by atoms with E-state index in [0.29, 0.717) is 23.9 Å². The van der Waals surface area contributed by atoms with E-state index < -0.39 is 0 Å². The first-order valence-electron chi connectivity index (χ1n) is 10.2. The number of hydrogen-bond acceptors (Lipinski definition) is 5. The molecule has 2 heterocycles. The molecule has 2 aromatic heterocycles. The van der Waals surface area contributed by atoms with E-state index in [4.69, 9.17) is 30.5 Å². The molecule has 0 fully saturated rings. The summed E-state index contributed by atoms with van der Waals surface area (Å²) in [5.74, 6) is 3.67. The fourth-order valence-electron chi connectivity index (χ4n) is 3.27. The van der Waals surface area contributed by atoms with Gasteiger partial charge in [0.2, 0.25) is 5.89 Å². The minimum Gasteiger partial charge on any atom is -0.493 e. The summed E-state index contributed by atoms with van der Waals surface area (Å²) in [5.41, 5.74) is 2.52. The van der Waals surface area contributed by atoms with E-state index in [1.165, 1.54) is 0 Å². The summed E-state index contributed by atoms with van der Waals surface area (Å²) in [6.45, 7) is 2.57. The fourth-order valence-corrected chi connectivity index (χ4v) is 3.40. The van der Waals surface area contributed by atoms with Crippen LogP contribution in [0.5, 0.6) is 11.5 Å². The molecule has 7 heteroatoms. The van der Waals surface area contributed by atoms with Crippen molar-refractivity contribution >= 4 is 11.6 Å². The van der Waals surface area contributed by atoms with E-state index in [2.05, 4.69) is 9.97 Å². The lowest BCUT2D eigenvalue weighted by Crippen LogP contribution is -2.01. The van der Waals surface area contributed by atoms with Crippen molar-refractivity contribution in [1.82, 2.24) is 15.0 Å². The molecule has 0 saturated carbocycles. The molecule has 0 atom stereocenters. The van der Waals surface area contributed by atoms with Crippen LogP contribution in [0.25, 0.3) is 22.8 Å². The molecule has 4 aromatic rings. The minimum atomic E-state index is 0.526. The third-order valence-electron chi connectivity index (χ3n) is 4.88. The molecule has 0 aliphatic carbocycles. The van der Waals surface area contributed by atoms with Crippen LogP contribution in [0.4, 0.5) is 0 Å². The van der Waals surface area contributed by atoms with Crippen LogP contribution in [-0.4, -0.2) is 28.7 Å². The molecule has 160 valence electrons. The number of ether oxygens (including phenoxy) is 2. The Labute approximate surface area is 186 Å². The highest BCUT2D eigenvalue weighted by Gasteiger charge is 2.18. The summed E-state index contributed by atoms with van der Waals surface area (Å²) >= 11 is 6.06. The molecule has 0 unspecified atom stereocenters. The van der Waals surface area contributed by atoms with Gasteiger partial charge in [0.25, 0.3) is 0 Å².